The Balaban J connectivity index is 0.000000599. The normalized spacial score (nSPS) is 24.6. The molecule has 38 heavy (non-hydrogen) atoms. The van der Waals surface area contributed by atoms with Gasteiger partial charge in [-0.25, -0.2) is 0 Å². The first-order valence-corrected chi connectivity index (χ1v) is 13.6. The van der Waals surface area contributed by atoms with Gasteiger partial charge in [0.15, 0.2) is 0 Å². The summed E-state index contributed by atoms with van der Waals surface area (Å²) < 4.78 is 50.0. The van der Waals surface area contributed by atoms with Crippen LogP contribution in [0.25, 0.3) is 0 Å². The number of primary amides is 1. The number of alkyl halides is 3. The highest BCUT2D eigenvalue weighted by atomic mass is 19.4. The Labute approximate surface area is 223 Å². The Kier molecular flexibility index (Phi) is 10.6. The third-order valence-corrected chi connectivity index (χ3v) is 7.74. The Morgan fingerprint density at radius 3 is 2.13 bits per heavy atom. The summed E-state index contributed by atoms with van der Waals surface area (Å²) in [6.45, 7) is 10.2. The van der Waals surface area contributed by atoms with Crippen molar-refractivity contribution in [2.45, 2.75) is 77.8 Å². The Hall–Kier alpha value is -2.17. The van der Waals surface area contributed by atoms with Gasteiger partial charge in [-0.15, -0.1) is 0 Å². The average molecular weight is 542 g/mol. The molecule has 1 unspecified atom stereocenters. The van der Waals surface area contributed by atoms with E-state index in [9.17, 15) is 22.8 Å². The smallest absolute Gasteiger partial charge is 0.378 e. The lowest BCUT2D eigenvalue weighted by atomic mass is 9.72. The number of carbonyl (C=O) groups excluding carboxylic acids is 2. The van der Waals surface area contributed by atoms with E-state index in [-0.39, 0.29) is 29.3 Å². The quantitative estimate of drug-likeness (QED) is 0.533. The van der Waals surface area contributed by atoms with Gasteiger partial charge >= 0.3 is 6.18 Å². The summed E-state index contributed by atoms with van der Waals surface area (Å²) in [4.78, 5) is 26.7. The van der Waals surface area contributed by atoms with E-state index in [2.05, 4.69) is 4.90 Å². The number of nitrogens with two attached hydrogens (primary N) is 1. The predicted molar refractivity (Wildman–Crippen MR) is 138 cm³/mol. The lowest BCUT2D eigenvalue weighted by Gasteiger charge is -2.46. The van der Waals surface area contributed by atoms with Gasteiger partial charge < -0.3 is 20.1 Å². The maximum atomic E-state index is 12.7. The van der Waals surface area contributed by atoms with E-state index in [1.807, 2.05) is 11.8 Å². The van der Waals surface area contributed by atoms with Gasteiger partial charge in [0.05, 0.1) is 37.4 Å². The summed E-state index contributed by atoms with van der Waals surface area (Å²) in [6.07, 6.45) is 0.919. The number of benzene rings is 1. The van der Waals surface area contributed by atoms with Crippen molar-refractivity contribution in [2.75, 3.05) is 39.4 Å². The molecular weight excluding hydrogens is 499 g/mol. The molecule has 2 amide bonds. The second kappa shape index (κ2) is 13.3. The Bertz CT molecular complexity index is 893. The highest BCUT2D eigenvalue weighted by Crippen LogP contribution is 2.43. The van der Waals surface area contributed by atoms with E-state index < -0.39 is 11.7 Å². The molecule has 0 radical (unpaired) electrons. The fraction of sp³-hybridized carbons (Fsp3) is 0.714. The van der Waals surface area contributed by atoms with Gasteiger partial charge in [0.1, 0.15) is 0 Å². The lowest BCUT2D eigenvalue weighted by Crippen LogP contribution is -2.49. The van der Waals surface area contributed by atoms with Crippen LogP contribution in [0.15, 0.2) is 24.3 Å². The number of hydrogen-bond acceptors (Lipinski definition) is 5. The van der Waals surface area contributed by atoms with Gasteiger partial charge in [0.2, 0.25) is 11.8 Å². The molecule has 2 N–H and O–H groups in total. The van der Waals surface area contributed by atoms with Crippen LogP contribution in [-0.2, 0) is 31.8 Å². The minimum atomic E-state index is -4.31. The zero-order chi connectivity index (χ0) is 27.9. The van der Waals surface area contributed by atoms with Crippen molar-refractivity contribution >= 4 is 11.8 Å². The number of hydrogen-bond donors (Lipinski definition) is 1. The third kappa shape index (κ3) is 8.95. The molecule has 3 saturated heterocycles. The summed E-state index contributed by atoms with van der Waals surface area (Å²) >= 11 is 0. The first kappa shape index (κ1) is 30.4. The van der Waals surface area contributed by atoms with E-state index in [1.165, 1.54) is 12.1 Å². The van der Waals surface area contributed by atoms with Crippen LogP contribution in [0.5, 0.6) is 0 Å². The minimum absolute atomic E-state index is 0.00926. The molecule has 0 spiro atoms. The van der Waals surface area contributed by atoms with Crippen LogP contribution in [0.2, 0.25) is 0 Å². The van der Waals surface area contributed by atoms with Gasteiger partial charge in [-0.3, -0.25) is 14.5 Å². The molecule has 7 nitrogen and oxygen atoms in total. The maximum absolute atomic E-state index is 12.7. The molecule has 1 atom stereocenters. The number of amides is 2. The van der Waals surface area contributed by atoms with E-state index >= 15 is 0 Å². The van der Waals surface area contributed by atoms with Crippen LogP contribution in [0.4, 0.5) is 13.2 Å². The van der Waals surface area contributed by atoms with E-state index in [0.29, 0.717) is 51.9 Å². The highest BCUT2D eigenvalue weighted by Gasteiger charge is 2.42. The minimum Gasteiger partial charge on any atom is -0.378 e. The first-order valence-electron chi connectivity index (χ1n) is 13.6. The van der Waals surface area contributed by atoms with E-state index in [1.54, 1.807) is 13.8 Å². The number of rotatable bonds is 8. The molecule has 214 valence electrons. The molecule has 4 fully saturated rings. The van der Waals surface area contributed by atoms with Crippen molar-refractivity contribution < 1.29 is 32.2 Å². The topological polar surface area (TPSA) is 85.1 Å². The molecule has 3 aliphatic heterocycles. The monoisotopic (exact) mass is 541 g/mol. The molecule has 4 aliphatic rings. The fourth-order valence-corrected chi connectivity index (χ4v) is 4.96. The van der Waals surface area contributed by atoms with Crippen molar-refractivity contribution in [1.29, 1.82) is 0 Å². The number of halogens is 3. The van der Waals surface area contributed by atoms with Crippen LogP contribution < -0.4 is 5.73 Å². The van der Waals surface area contributed by atoms with Crippen LogP contribution in [0, 0.1) is 11.3 Å². The summed E-state index contributed by atoms with van der Waals surface area (Å²) in [6, 6.07) is 5.31. The number of carbonyl (C=O) groups is 2. The van der Waals surface area contributed by atoms with Crippen molar-refractivity contribution in [1.82, 2.24) is 9.80 Å². The fourth-order valence-electron chi connectivity index (χ4n) is 4.96. The molecule has 1 saturated carbocycles. The predicted octanol–water partition coefficient (Wildman–Crippen LogP) is 4.23. The van der Waals surface area contributed by atoms with Crippen LogP contribution in [-0.4, -0.2) is 73.2 Å². The van der Waals surface area contributed by atoms with Gasteiger partial charge in [-0.1, -0.05) is 26.0 Å². The third-order valence-electron chi connectivity index (χ3n) is 7.74. The number of nitrogens with zero attached hydrogens (tertiary/aromatic N) is 2. The average Bonchev–Trinajstić information content (AvgIpc) is 2.89. The summed E-state index contributed by atoms with van der Waals surface area (Å²) in [5.74, 6) is -0.146. The van der Waals surface area contributed by atoms with Crippen LogP contribution in [0.3, 0.4) is 0 Å². The second-order valence-electron chi connectivity index (χ2n) is 11.2. The van der Waals surface area contributed by atoms with E-state index in [4.69, 9.17) is 15.2 Å². The van der Waals surface area contributed by atoms with Crippen molar-refractivity contribution in [3.8, 4) is 0 Å². The van der Waals surface area contributed by atoms with Crippen molar-refractivity contribution in [2.24, 2.45) is 17.1 Å². The number of ether oxygens (including phenoxy) is 2. The standard InChI is InChI=1S/C24H33F3N2O3.C4H9NO/c1-18(31-16-23-8-6-21(7-9-23)32-17-23)14-22(30)29-12-10-28(11-13-29)15-19-2-4-20(5-3-19)24(25,26)27;1-3(2)4(5)6/h2-5,18,21H,6-17H2,1H3;3H,1-2H3,(H2,5,6). The summed E-state index contributed by atoms with van der Waals surface area (Å²) in [5.41, 5.74) is 5.15. The molecule has 1 aliphatic carbocycles. The summed E-state index contributed by atoms with van der Waals surface area (Å²) in [5, 5.41) is 0. The molecule has 1 aromatic rings. The van der Waals surface area contributed by atoms with Crippen molar-refractivity contribution in [3.63, 3.8) is 0 Å². The highest BCUT2D eigenvalue weighted by molar-refractivity contribution is 5.76. The molecule has 3 heterocycles. The largest absolute Gasteiger partial charge is 0.416 e. The molecule has 2 bridgehead atoms. The zero-order valence-electron chi connectivity index (χ0n) is 22.8. The first-order chi connectivity index (χ1) is 17.9. The van der Waals surface area contributed by atoms with Gasteiger partial charge in [-0.05, 0) is 50.3 Å². The lowest BCUT2D eigenvalue weighted by molar-refractivity contribution is -0.153. The van der Waals surface area contributed by atoms with Crippen LogP contribution in [0.1, 0.15) is 64.0 Å². The number of piperazine rings is 1. The summed E-state index contributed by atoms with van der Waals surface area (Å²) in [7, 11) is 0. The Morgan fingerprint density at radius 1 is 1.08 bits per heavy atom. The maximum Gasteiger partial charge on any atom is 0.416 e. The van der Waals surface area contributed by atoms with Crippen LogP contribution >= 0.6 is 0 Å². The SMILES string of the molecule is CC(C)C(N)=O.CC(CC(=O)N1CCN(Cc2ccc(C(F)(F)F)cc2)CC1)OCC12CCC(CC1)OC2. The van der Waals surface area contributed by atoms with Gasteiger partial charge in [0, 0.05) is 44.1 Å². The molecule has 5 rings (SSSR count). The molecular formula is C28H42F3N3O4. The molecule has 10 heteroatoms. The van der Waals surface area contributed by atoms with Gasteiger partial charge in [0.25, 0.3) is 0 Å². The second-order valence-corrected chi connectivity index (χ2v) is 11.2. The van der Waals surface area contributed by atoms with E-state index in [0.717, 1.165) is 50.0 Å². The van der Waals surface area contributed by atoms with Crippen molar-refractivity contribution in [3.05, 3.63) is 35.4 Å². The molecule has 1 aromatic carbocycles. The zero-order valence-corrected chi connectivity index (χ0v) is 22.8. The number of fused-ring (bicyclic) bond motifs is 3. The Morgan fingerprint density at radius 2 is 1.66 bits per heavy atom. The molecule has 0 aromatic heterocycles. The van der Waals surface area contributed by atoms with Gasteiger partial charge in [-0.2, -0.15) is 13.2 Å².